The molecule has 0 aliphatic carbocycles. The number of hydrogen-bond acceptors (Lipinski definition) is 6. The highest BCUT2D eigenvalue weighted by Gasteiger charge is 2.11. The molecule has 0 N–H and O–H groups in total. The van der Waals surface area contributed by atoms with Gasteiger partial charge in [-0.25, -0.2) is 4.68 Å². The molecule has 0 bridgehead atoms. The summed E-state index contributed by atoms with van der Waals surface area (Å²) in [5.41, 5.74) is 0. The molecule has 82 valence electrons. The molecule has 0 aliphatic heterocycles. The third-order valence-corrected chi connectivity index (χ3v) is 1.94. The van der Waals surface area contributed by atoms with Crippen LogP contribution in [0.15, 0.2) is 0 Å². The van der Waals surface area contributed by atoms with Gasteiger partial charge in [0.25, 0.3) is 0 Å². The van der Waals surface area contributed by atoms with Crippen LogP contribution >= 0.6 is 0 Å². The van der Waals surface area contributed by atoms with Gasteiger partial charge in [0, 0.05) is 27.2 Å². The molecule has 0 unspecified atom stereocenters. The number of aromatic nitrogens is 4. The number of aryl methyl sites for hydroxylation is 1. The Balaban J connectivity index is 2.63. The molecule has 7 heteroatoms. The second-order valence-corrected chi connectivity index (χ2v) is 2.99. The lowest BCUT2D eigenvalue weighted by molar-refractivity contribution is 0.205. The second kappa shape index (κ2) is 5.93. The van der Waals surface area contributed by atoms with Gasteiger partial charge in [0.2, 0.25) is 5.95 Å². The fraction of sp³-hybridized carbons (Fsp3) is 0.750. The highest BCUT2D eigenvalue weighted by molar-refractivity contribution is 5.27. The summed E-state index contributed by atoms with van der Waals surface area (Å²) < 4.78 is 6.56. The van der Waals surface area contributed by atoms with E-state index in [1.54, 1.807) is 18.8 Å². The molecule has 0 saturated carbocycles. The number of tetrazole rings is 1. The first-order chi connectivity index (χ1) is 7.29. The molecule has 0 saturated heterocycles. The van der Waals surface area contributed by atoms with E-state index in [-0.39, 0.29) is 0 Å². The van der Waals surface area contributed by atoms with Gasteiger partial charge >= 0.3 is 0 Å². The molecule has 0 fully saturated rings. The van der Waals surface area contributed by atoms with E-state index in [4.69, 9.17) is 10.00 Å². The predicted octanol–water partition coefficient (Wildman–Crippen LogP) is -0.423. The third kappa shape index (κ3) is 3.18. The molecule has 0 spiro atoms. The summed E-state index contributed by atoms with van der Waals surface area (Å²) in [6, 6.07) is 2.10. The Hall–Kier alpha value is -1.68. The van der Waals surface area contributed by atoms with Crippen LogP contribution in [-0.4, -0.2) is 47.0 Å². The van der Waals surface area contributed by atoms with E-state index < -0.39 is 0 Å². The molecular formula is C8H14N6O. The van der Waals surface area contributed by atoms with Crippen molar-refractivity contribution in [3.8, 4) is 6.07 Å². The molecule has 0 aliphatic rings. The predicted molar refractivity (Wildman–Crippen MR) is 53.1 cm³/mol. The number of nitrogens with zero attached hydrogens (tertiary/aromatic N) is 6. The minimum Gasteiger partial charge on any atom is -0.383 e. The normalized spacial score (nSPS) is 9.93. The first-order valence-corrected chi connectivity index (χ1v) is 4.62. The standard InChI is InChI=1S/C8H14N6O/c1-13-8(10-11-12-13)14(5-3-4-9)6-7-15-2/h3,5-7H2,1-2H3. The number of methoxy groups -OCH3 is 1. The fourth-order valence-corrected chi connectivity index (χ4v) is 1.19. The van der Waals surface area contributed by atoms with Gasteiger partial charge in [-0.2, -0.15) is 5.26 Å². The molecule has 1 aromatic heterocycles. The third-order valence-electron chi connectivity index (χ3n) is 1.94. The van der Waals surface area contributed by atoms with Crippen LogP contribution in [0.25, 0.3) is 0 Å². The summed E-state index contributed by atoms with van der Waals surface area (Å²) >= 11 is 0. The maximum Gasteiger partial charge on any atom is 0.245 e. The molecule has 15 heavy (non-hydrogen) atoms. The van der Waals surface area contributed by atoms with Gasteiger partial charge in [0.15, 0.2) is 0 Å². The van der Waals surface area contributed by atoms with Crippen molar-refractivity contribution in [2.24, 2.45) is 7.05 Å². The minimum absolute atomic E-state index is 0.441. The summed E-state index contributed by atoms with van der Waals surface area (Å²) in [6.07, 6.45) is 0.441. The van der Waals surface area contributed by atoms with Crippen molar-refractivity contribution in [2.75, 3.05) is 31.7 Å². The molecule has 1 aromatic rings. The molecular weight excluding hydrogens is 196 g/mol. The molecule has 7 nitrogen and oxygen atoms in total. The van der Waals surface area contributed by atoms with E-state index in [1.165, 1.54) is 0 Å². The van der Waals surface area contributed by atoms with Crippen molar-refractivity contribution in [2.45, 2.75) is 6.42 Å². The zero-order valence-corrected chi connectivity index (χ0v) is 8.92. The number of nitriles is 1. The number of hydrogen-bond donors (Lipinski definition) is 0. The maximum atomic E-state index is 8.54. The Morgan fingerprint density at radius 3 is 2.87 bits per heavy atom. The highest BCUT2D eigenvalue weighted by Crippen LogP contribution is 2.06. The van der Waals surface area contributed by atoms with Crippen molar-refractivity contribution in [1.29, 1.82) is 5.26 Å². The number of ether oxygens (including phenoxy) is 1. The lowest BCUT2D eigenvalue weighted by Gasteiger charge is -2.20. The van der Waals surface area contributed by atoms with Crippen LogP contribution in [0.5, 0.6) is 0 Å². The SMILES string of the molecule is COCCN(CCC#N)c1nnnn1C. The van der Waals surface area contributed by atoms with Crippen LogP contribution in [0.1, 0.15) is 6.42 Å². The van der Waals surface area contributed by atoms with Gasteiger partial charge in [0.1, 0.15) is 0 Å². The smallest absolute Gasteiger partial charge is 0.245 e. The zero-order valence-electron chi connectivity index (χ0n) is 8.92. The first-order valence-electron chi connectivity index (χ1n) is 4.62. The van der Waals surface area contributed by atoms with Gasteiger partial charge < -0.3 is 9.64 Å². The molecule has 0 aromatic carbocycles. The molecule has 0 radical (unpaired) electrons. The Kier molecular flexibility index (Phi) is 4.50. The van der Waals surface area contributed by atoms with E-state index in [0.717, 1.165) is 0 Å². The number of anilines is 1. The van der Waals surface area contributed by atoms with Crippen molar-refractivity contribution in [3.05, 3.63) is 0 Å². The topological polar surface area (TPSA) is 79.9 Å². The van der Waals surface area contributed by atoms with Gasteiger partial charge in [-0.15, -0.1) is 0 Å². The van der Waals surface area contributed by atoms with Crippen molar-refractivity contribution in [3.63, 3.8) is 0 Å². The Morgan fingerprint density at radius 1 is 1.53 bits per heavy atom. The highest BCUT2D eigenvalue weighted by atomic mass is 16.5. The molecule has 1 rings (SSSR count). The largest absolute Gasteiger partial charge is 0.383 e. The minimum atomic E-state index is 0.441. The lowest BCUT2D eigenvalue weighted by Crippen LogP contribution is -2.30. The quantitative estimate of drug-likeness (QED) is 0.634. The summed E-state index contributed by atoms with van der Waals surface area (Å²) in [5.74, 6) is 0.655. The van der Waals surface area contributed by atoms with E-state index in [2.05, 4.69) is 21.6 Å². The van der Waals surface area contributed by atoms with Crippen LogP contribution < -0.4 is 4.90 Å². The molecule has 1 heterocycles. The maximum absolute atomic E-state index is 8.54. The summed E-state index contributed by atoms with van der Waals surface area (Å²) in [4.78, 5) is 1.92. The van der Waals surface area contributed by atoms with E-state index in [1.807, 2.05) is 4.90 Å². The average molecular weight is 210 g/mol. The van der Waals surface area contributed by atoms with Crippen molar-refractivity contribution >= 4 is 5.95 Å². The fourth-order valence-electron chi connectivity index (χ4n) is 1.19. The Bertz CT molecular complexity index is 330. The van der Waals surface area contributed by atoms with Crippen LogP contribution in [0.4, 0.5) is 5.95 Å². The summed E-state index contributed by atoms with van der Waals surface area (Å²) in [7, 11) is 3.40. The first kappa shape index (κ1) is 11.4. The van der Waals surface area contributed by atoms with Gasteiger partial charge in [-0.3, -0.25) is 0 Å². The lowest BCUT2D eigenvalue weighted by atomic mass is 10.4. The van der Waals surface area contributed by atoms with E-state index >= 15 is 0 Å². The summed E-state index contributed by atoms with van der Waals surface area (Å²) in [5, 5.41) is 19.7. The van der Waals surface area contributed by atoms with Crippen molar-refractivity contribution in [1.82, 2.24) is 20.2 Å². The van der Waals surface area contributed by atoms with Crippen molar-refractivity contribution < 1.29 is 4.74 Å². The van der Waals surface area contributed by atoms with E-state index in [0.29, 0.717) is 32.1 Å². The molecule has 0 atom stereocenters. The molecule has 0 amide bonds. The van der Waals surface area contributed by atoms with Gasteiger partial charge in [0.05, 0.1) is 19.1 Å². The zero-order chi connectivity index (χ0) is 11.1. The van der Waals surface area contributed by atoms with E-state index in [9.17, 15) is 0 Å². The summed E-state index contributed by atoms with van der Waals surface area (Å²) in [6.45, 7) is 1.86. The number of rotatable bonds is 6. The van der Waals surface area contributed by atoms with Crippen LogP contribution in [-0.2, 0) is 11.8 Å². The Labute approximate surface area is 88.2 Å². The second-order valence-electron chi connectivity index (χ2n) is 2.99. The van der Waals surface area contributed by atoms with Crippen LogP contribution in [0, 0.1) is 11.3 Å². The van der Waals surface area contributed by atoms with Crippen LogP contribution in [0.3, 0.4) is 0 Å². The average Bonchev–Trinajstić information content (AvgIpc) is 2.65. The monoisotopic (exact) mass is 210 g/mol. The van der Waals surface area contributed by atoms with Gasteiger partial charge in [-0.05, 0) is 10.4 Å². The van der Waals surface area contributed by atoms with Gasteiger partial charge in [-0.1, -0.05) is 5.10 Å². The van der Waals surface area contributed by atoms with Crippen LogP contribution in [0.2, 0.25) is 0 Å². The Morgan fingerprint density at radius 2 is 2.33 bits per heavy atom.